The van der Waals surface area contributed by atoms with Gasteiger partial charge in [0.15, 0.2) is 5.69 Å². The average molecular weight is 259 g/mol. The number of carboxylic acid groups (broad SMARTS) is 1. The fourth-order valence-electron chi connectivity index (χ4n) is 2.04. The van der Waals surface area contributed by atoms with Crippen LogP contribution in [0.2, 0.25) is 0 Å². The minimum Gasteiger partial charge on any atom is -0.476 e. The summed E-state index contributed by atoms with van der Waals surface area (Å²) in [7, 11) is 0. The van der Waals surface area contributed by atoms with Gasteiger partial charge in [0.1, 0.15) is 6.54 Å². The van der Waals surface area contributed by atoms with Crippen molar-refractivity contribution in [1.29, 1.82) is 0 Å². The molecule has 1 fully saturated rings. The molecule has 2 aromatic rings. The van der Waals surface area contributed by atoms with E-state index in [-0.39, 0.29) is 24.2 Å². The number of fused-ring (bicyclic) bond motifs is 1. The smallest absolute Gasteiger partial charge is 0.357 e. The molecule has 98 valence electrons. The highest BCUT2D eigenvalue weighted by molar-refractivity contribution is 6.01. The average Bonchev–Trinajstić information content (AvgIpc) is 3.10. The molecule has 0 atom stereocenters. The number of aromatic nitrogens is 2. The highest BCUT2D eigenvalue weighted by atomic mass is 16.4. The Kier molecular flexibility index (Phi) is 2.70. The van der Waals surface area contributed by atoms with Gasteiger partial charge >= 0.3 is 5.97 Å². The number of rotatable bonds is 4. The van der Waals surface area contributed by atoms with E-state index < -0.39 is 5.97 Å². The lowest BCUT2D eigenvalue weighted by molar-refractivity contribution is -0.121. The summed E-state index contributed by atoms with van der Waals surface area (Å²) in [5.41, 5.74) is 0.640. The van der Waals surface area contributed by atoms with E-state index >= 15 is 0 Å². The van der Waals surface area contributed by atoms with Crippen LogP contribution in [-0.4, -0.2) is 32.8 Å². The van der Waals surface area contributed by atoms with Crippen molar-refractivity contribution >= 4 is 22.8 Å². The van der Waals surface area contributed by atoms with Crippen molar-refractivity contribution in [2.45, 2.75) is 25.4 Å². The van der Waals surface area contributed by atoms with E-state index in [1.807, 2.05) is 0 Å². The first-order chi connectivity index (χ1) is 9.15. The SMILES string of the molecule is O=C(Cn1nc(C(=O)O)c2ccccc21)NC1CC1. The zero-order valence-electron chi connectivity index (χ0n) is 10.2. The van der Waals surface area contributed by atoms with Crippen LogP contribution in [0.4, 0.5) is 0 Å². The molecule has 0 unspecified atom stereocenters. The fourth-order valence-corrected chi connectivity index (χ4v) is 2.04. The molecule has 19 heavy (non-hydrogen) atoms. The molecule has 1 amide bonds. The number of amides is 1. The number of carboxylic acids is 1. The second kappa shape index (κ2) is 4.38. The quantitative estimate of drug-likeness (QED) is 0.858. The summed E-state index contributed by atoms with van der Waals surface area (Å²) >= 11 is 0. The lowest BCUT2D eigenvalue weighted by Crippen LogP contribution is -2.29. The molecule has 1 aliphatic carbocycles. The van der Waals surface area contributed by atoms with Gasteiger partial charge in [-0.15, -0.1) is 0 Å². The molecule has 1 saturated carbocycles. The van der Waals surface area contributed by atoms with Gasteiger partial charge in [-0.05, 0) is 18.9 Å². The van der Waals surface area contributed by atoms with Crippen LogP contribution in [0, 0.1) is 0 Å². The Morgan fingerprint density at radius 3 is 2.79 bits per heavy atom. The maximum atomic E-state index is 11.8. The zero-order valence-corrected chi connectivity index (χ0v) is 10.2. The minimum absolute atomic E-state index is 0.0187. The number of carbonyl (C=O) groups is 2. The van der Waals surface area contributed by atoms with Gasteiger partial charge < -0.3 is 10.4 Å². The van der Waals surface area contributed by atoms with Crippen LogP contribution in [-0.2, 0) is 11.3 Å². The van der Waals surface area contributed by atoms with Crippen molar-refractivity contribution in [3.05, 3.63) is 30.0 Å². The van der Waals surface area contributed by atoms with Crippen LogP contribution < -0.4 is 5.32 Å². The third kappa shape index (κ3) is 2.29. The van der Waals surface area contributed by atoms with Crippen molar-refractivity contribution < 1.29 is 14.7 Å². The topological polar surface area (TPSA) is 84.2 Å². The Labute approximate surface area is 109 Å². The van der Waals surface area contributed by atoms with E-state index in [9.17, 15) is 9.59 Å². The van der Waals surface area contributed by atoms with Gasteiger partial charge in [0.2, 0.25) is 5.91 Å². The molecule has 1 aliphatic rings. The molecule has 6 heteroatoms. The van der Waals surface area contributed by atoms with Crippen molar-refractivity contribution in [2.75, 3.05) is 0 Å². The van der Waals surface area contributed by atoms with E-state index in [0.29, 0.717) is 10.9 Å². The number of carbonyl (C=O) groups excluding carboxylic acids is 1. The summed E-state index contributed by atoms with van der Waals surface area (Å²) in [5, 5.41) is 16.5. The van der Waals surface area contributed by atoms with Gasteiger partial charge in [0.05, 0.1) is 5.52 Å². The molecule has 0 saturated heterocycles. The molecular formula is C13H13N3O3. The van der Waals surface area contributed by atoms with Gasteiger partial charge in [-0.25, -0.2) is 4.79 Å². The first-order valence-electron chi connectivity index (χ1n) is 6.13. The second-order valence-corrected chi connectivity index (χ2v) is 4.67. The van der Waals surface area contributed by atoms with E-state index in [2.05, 4.69) is 10.4 Å². The van der Waals surface area contributed by atoms with E-state index in [4.69, 9.17) is 5.11 Å². The van der Waals surface area contributed by atoms with Gasteiger partial charge in [0.25, 0.3) is 0 Å². The number of benzene rings is 1. The van der Waals surface area contributed by atoms with Crippen LogP contribution in [0.5, 0.6) is 0 Å². The number of para-hydroxylation sites is 1. The lowest BCUT2D eigenvalue weighted by atomic mass is 10.2. The summed E-state index contributed by atoms with van der Waals surface area (Å²) in [6, 6.07) is 7.30. The van der Waals surface area contributed by atoms with Crippen LogP contribution in [0.1, 0.15) is 23.3 Å². The zero-order chi connectivity index (χ0) is 13.4. The Balaban J connectivity index is 1.93. The third-order valence-electron chi connectivity index (χ3n) is 3.10. The van der Waals surface area contributed by atoms with Crippen molar-refractivity contribution in [3.63, 3.8) is 0 Å². The van der Waals surface area contributed by atoms with Crippen LogP contribution in [0.25, 0.3) is 10.9 Å². The van der Waals surface area contributed by atoms with Crippen molar-refractivity contribution in [1.82, 2.24) is 15.1 Å². The standard InChI is InChI=1S/C13H13N3O3/c17-11(14-8-5-6-8)7-16-10-4-2-1-3-9(10)12(15-16)13(18)19/h1-4,8H,5-7H2,(H,14,17)(H,18,19). The van der Waals surface area contributed by atoms with Gasteiger partial charge in [-0.3, -0.25) is 9.48 Å². The molecular weight excluding hydrogens is 246 g/mol. The summed E-state index contributed by atoms with van der Waals surface area (Å²) in [4.78, 5) is 22.9. The van der Waals surface area contributed by atoms with Crippen molar-refractivity contribution in [2.24, 2.45) is 0 Å². The number of aromatic carboxylic acids is 1. The highest BCUT2D eigenvalue weighted by Gasteiger charge is 2.24. The molecule has 0 radical (unpaired) electrons. The van der Waals surface area contributed by atoms with Gasteiger partial charge in [-0.2, -0.15) is 5.10 Å². The Morgan fingerprint density at radius 2 is 2.11 bits per heavy atom. The Morgan fingerprint density at radius 1 is 1.37 bits per heavy atom. The molecule has 2 N–H and O–H groups in total. The van der Waals surface area contributed by atoms with E-state index in [0.717, 1.165) is 12.8 Å². The number of hydrogen-bond donors (Lipinski definition) is 2. The largest absolute Gasteiger partial charge is 0.476 e. The molecule has 0 aliphatic heterocycles. The van der Waals surface area contributed by atoms with Crippen LogP contribution >= 0.6 is 0 Å². The first-order valence-corrected chi connectivity index (χ1v) is 6.13. The van der Waals surface area contributed by atoms with Gasteiger partial charge in [-0.1, -0.05) is 18.2 Å². The normalized spacial score (nSPS) is 14.5. The van der Waals surface area contributed by atoms with Crippen LogP contribution in [0.3, 0.4) is 0 Å². The lowest BCUT2D eigenvalue weighted by Gasteiger charge is -2.04. The predicted molar refractivity (Wildman–Crippen MR) is 67.9 cm³/mol. The summed E-state index contributed by atoms with van der Waals surface area (Å²) in [6.07, 6.45) is 2.04. The number of nitrogens with zero attached hydrogens (tertiary/aromatic N) is 2. The summed E-state index contributed by atoms with van der Waals surface area (Å²) in [6.45, 7) is 0.0459. The van der Waals surface area contributed by atoms with Gasteiger partial charge in [0, 0.05) is 11.4 Å². The molecule has 1 heterocycles. The Bertz CT molecular complexity index is 658. The molecule has 1 aromatic carbocycles. The monoisotopic (exact) mass is 259 g/mol. The minimum atomic E-state index is -1.09. The number of nitrogens with one attached hydrogen (secondary N) is 1. The molecule has 6 nitrogen and oxygen atoms in total. The first kappa shape index (κ1) is 11.7. The maximum absolute atomic E-state index is 11.8. The van der Waals surface area contributed by atoms with E-state index in [1.54, 1.807) is 24.3 Å². The van der Waals surface area contributed by atoms with Crippen LogP contribution in [0.15, 0.2) is 24.3 Å². The molecule has 1 aromatic heterocycles. The predicted octanol–water partition coefficient (Wildman–Crippen LogP) is 1.01. The highest BCUT2D eigenvalue weighted by Crippen LogP contribution is 2.20. The summed E-state index contributed by atoms with van der Waals surface area (Å²) in [5.74, 6) is -1.22. The summed E-state index contributed by atoms with van der Waals surface area (Å²) < 4.78 is 1.44. The van der Waals surface area contributed by atoms with Crippen molar-refractivity contribution in [3.8, 4) is 0 Å². The third-order valence-corrected chi connectivity index (χ3v) is 3.10. The second-order valence-electron chi connectivity index (χ2n) is 4.67. The maximum Gasteiger partial charge on any atom is 0.357 e. The fraction of sp³-hybridized carbons (Fsp3) is 0.308. The Hall–Kier alpha value is -2.37. The molecule has 0 spiro atoms. The molecule has 0 bridgehead atoms. The number of hydrogen-bond acceptors (Lipinski definition) is 3. The van der Waals surface area contributed by atoms with E-state index in [1.165, 1.54) is 4.68 Å². The molecule has 3 rings (SSSR count).